The molecule has 2 amide bonds. The van der Waals surface area contributed by atoms with Crippen molar-refractivity contribution in [3.05, 3.63) is 95.6 Å². The molecule has 150 valence electrons. The first kappa shape index (κ1) is 20.3. The third-order valence-electron chi connectivity index (χ3n) is 4.64. The molecular formula is C24H26N2O3. The van der Waals surface area contributed by atoms with Crippen LogP contribution in [-0.2, 0) is 19.6 Å². The van der Waals surface area contributed by atoms with Crippen LogP contribution in [0.15, 0.2) is 78.9 Å². The number of nitrogens with one attached hydrogen (secondary N) is 1. The lowest BCUT2D eigenvalue weighted by molar-refractivity contribution is 0.192. The van der Waals surface area contributed by atoms with Crippen molar-refractivity contribution in [2.45, 2.75) is 19.6 Å². The summed E-state index contributed by atoms with van der Waals surface area (Å²) in [5, 5.41) is 3.02. The van der Waals surface area contributed by atoms with E-state index < -0.39 is 0 Å². The van der Waals surface area contributed by atoms with Gasteiger partial charge in [0, 0.05) is 19.6 Å². The van der Waals surface area contributed by atoms with E-state index in [0.717, 1.165) is 28.2 Å². The zero-order valence-corrected chi connectivity index (χ0v) is 16.8. The van der Waals surface area contributed by atoms with Gasteiger partial charge in [-0.15, -0.1) is 0 Å². The number of hydrogen-bond acceptors (Lipinski definition) is 3. The normalized spacial score (nSPS) is 10.3. The number of urea groups is 1. The average Bonchev–Trinajstić information content (AvgIpc) is 2.78. The standard InChI is InChI=1S/C24H26N2O3/c1-28-22-12-8-20(9-13-22)17-26(18-21-10-14-23(29-2)15-11-21)24(27)25-16-19-6-4-3-5-7-19/h3-15H,16-18H2,1-2H3,(H,25,27). The van der Waals surface area contributed by atoms with Gasteiger partial charge in [0.2, 0.25) is 0 Å². The second-order valence-corrected chi connectivity index (χ2v) is 6.70. The first-order valence-corrected chi connectivity index (χ1v) is 9.50. The Kier molecular flexibility index (Phi) is 7.11. The summed E-state index contributed by atoms with van der Waals surface area (Å²) in [6.07, 6.45) is 0. The number of amides is 2. The number of nitrogens with zero attached hydrogens (tertiary/aromatic N) is 1. The molecule has 3 rings (SSSR count). The van der Waals surface area contributed by atoms with Crippen molar-refractivity contribution in [1.29, 1.82) is 0 Å². The minimum atomic E-state index is -0.111. The first-order valence-electron chi connectivity index (χ1n) is 9.50. The Morgan fingerprint density at radius 1 is 0.724 bits per heavy atom. The Bertz CT molecular complexity index is 844. The summed E-state index contributed by atoms with van der Waals surface area (Å²) in [5.74, 6) is 1.59. The molecule has 5 nitrogen and oxygen atoms in total. The maximum atomic E-state index is 12.9. The van der Waals surface area contributed by atoms with Crippen molar-refractivity contribution < 1.29 is 14.3 Å². The van der Waals surface area contributed by atoms with Crippen LogP contribution in [0.5, 0.6) is 11.5 Å². The fraction of sp³-hybridized carbons (Fsp3) is 0.208. The summed E-state index contributed by atoms with van der Waals surface area (Å²) >= 11 is 0. The number of benzene rings is 3. The molecule has 0 fully saturated rings. The molecule has 0 unspecified atom stereocenters. The van der Waals surface area contributed by atoms with E-state index in [0.29, 0.717) is 19.6 Å². The molecule has 1 N–H and O–H groups in total. The van der Waals surface area contributed by atoms with Crippen LogP contribution in [0.4, 0.5) is 4.79 Å². The van der Waals surface area contributed by atoms with E-state index in [1.807, 2.05) is 78.9 Å². The third-order valence-corrected chi connectivity index (χ3v) is 4.64. The Hall–Kier alpha value is -3.47. The Balaban J connectivity index is 1.72. The maximum absolute atomic E-state index is 12.9. The summed E-state index contributed by atoms with van der Waals surface area (Å²) in [4.78, 5) is 14.7. The van der Waals surface area contributed by atoms with Crippen molar-refractivity contribution in [2.75, 3.05) is 14.2 Å². The number of ether oxygens (including phenoxy) is 2. The third kappa shape index (κ3) is 6.01. The molecular weight excluding hydrogens is 364 g/mol. The quantitative estimate of drug-likeness (QED) is 0.611. The van der Waals surface area contributed by atoms with Crippen LogP contribution in [0, 0.1) is 0 Å². The van der Waals surface area contributed by atoms with Gasteiger partial charge in [-0.3, -0.25) is 0 Å². The molecule has 29 heavy (non-hydrogen) atoms. The lowest BCUT2D eigenvalue weighted by Gasteiger charge is -2.24. The highest BCUT2D eigenvalue weighted by Crippen LogP contribution is 2.17. The Morgan fingerprint density at radius 2 is 1.21 bits per heavy atom. The molecule has 0 saturated carbocycles. The van der Waals surface area contributed by atoms with Crippen LogP contribution in [0.3, 0.4) is 0 Å². The van der Waals surface area contributed by atoms with Crippen molar-refractivity contribution in [2.24, 2.45) is 0 Å². The number of methoxy groups -OCH3 is 2. The van der Waals surface area contributed by atoms with E-state index in [2.05, 4.69) is 5.32 Å². The molecule has 3 aromatic carbocycles. The Labute approximate surface area is 171 Å². The van der Waals surface area contributed by atoms with Gasteiger partial charge in [0.15, 0.2) is 0 Å². The second-order valence-electron chi connectivity index (χ2n) is 6.70. The molecule has 0 aliphatic heterocycles. The van der Waals surface area contributed by atoms with E-state index in [9.17, 15) is 4.79 Å². The second kappa shape index (κ2) is 10.2. The van der Waals surface area contributed by atoms with Crippen molar-refractivity contribution >= 4 is 6.03 Å². The number of carbonyl (C=O) groups is 1. The monoisotopic (exact) mass is 390 g/mol. The predicted molar refractivity (Wildman–Crippen MR) is 114 cm³/mol. The largest absolute Gasteiger partial charge is 0.497 e. The van der Waals surface area contributed by atoms with Crippen molar-refractivity contribution in [3.8, 4) is 11.5 Å². The lowest BCUT2D eigenvalue weighted by atomic mass is 10.1. The first-order chi connectivity index (χ1) is 14.2. The molecule has 5 heteroatoms. The highest BCUT2D eigenvalue weighted by atomic mass is 16.5. The number of hydrogen-bond donors (Lipinski definition) is 1. The summed E-state index contributed by atoms with van der Waals surface area (Å²) in [6, 6.07) is 25.3. The lowest BCUT2D eigenvalue weighted by Crippen LogP contribution is -2.38. The maximum Gasteiger partial charge on any atom is 0.318 e. The van der Waals surface area contributed by atoms with Crippen LogP contribution < -0.4 is 14.8 Å². The smallest absolute Gasteiger partial charge is 0.318 e. The summed E-state index contributed by atoms with van der Waals surface area (Å²) in [5.41, 5.74) is 3.14. The summed E-state index contributed by atoms with van der Waals surface area (Å²) in [7, 11) is 3.28. The van der Waals surface area contributed by atoms with Gasteiger partial charge in [-0.05, 0) is 41.0 Å². The molecule has 0 radical (unpaired) electrons. The van der Waals surface area contributed by atoms with Crippen molar-refractivity contribution in [1.82, 2.24) is 10.2 Å². The highest BCUT2D eigenvalue weighted by Gasteiger charge is 2.15. The highest BCUT2D eigenvalue weighted by molar-refractivity contribution is 5.74. The van der Waals surface area contributed by atoms with Crippen molar-refractivity contribution in [3.63, 3.8) is 0 Å². The molecule has 3 aromatic rings. The summed E-state index contributed by atoms with van der Waals surface area (Å²) in [6.45, 7) is 1.48. The summed E-state index contributed by atoms with van der Waals surface area (Å²) < 4.78 is 10.4. The van der Waals surface area contributed by atoms with Gasteiger partial charge in [-0.2, -0.15) is 0 Å². The van der Waals surface area contributed by atoms with Gasteiger partial charge in [-0.25, -0.2) is 4.79 Å². The SMILES string of the molecule is COc1ccc(CN(Cc2ccc(OC)cc2)C(=O)NCc2ccccc2)cc1. The zero-order chi connectivity index (χ0) is 20.5. The fourth-order valence-corrected chi connectivity index (χ4v) is 2.99. The molecule has 0 bridgehead atoms. The average molecular weight is 390 g/mol. The minimum absolute atomic E-state index is 0.111. The van der Waals surface area contributed by atoms with E-state index in [4.69, 9.17) is 9.47 Å². The van der Waals surface area contributed by atoms with Crippen LogP contribution in [-0.4, -0.2) is 25.2 Å². The van der Waals surface area contributed by atoms with E-state index in [-0.39, 0.29) is 6.03 Å². The Morgan fingerprint density at radius 3 is 1.66 bits per heavy atom. The van der Waals surface area contributed by atoms with Crippen LogP contribution in [0.25, 0.3) is 0 Å². The van der Waals surface area contributed by atoms with Gasteiger partial charge in [0.25, 0.3) is 0 Å². The van der Waals surface area contributed by atoms with Gasteiger partial charge in [-0.1, -0.05) is 54.6 Å². The van der Waals surface area contributed by atoms with E-state index in [1.54, 1.807) is 19.1 Å². The number of rotatable bonds is 8. The molecule has 0 aliphatic carbocycles. The molecule has 0 saturated heterocycles. The fourth-order valence-electron chi connectivity index (χ4n) is 2.99. The molecule has 0 atom stereocenters. The molecule has 0 aliphatic rings. The van der Waals surface area contributed by atoms with Crippen LogP contribution >= 0.6 is 0 Å². The van der Waals surface area contributed by atoms with Gasteiger partial charge in [0.1, 0.15) is 11.5 Å². The topological polar surface area (TPSA) is 50.8 Å². The van der Waals surface area contributed by atoms with Gasteiger partial charge < -0.3 is 19.7 Å². The molecule has 0 aromatic heterocycles. The molecule has 0 spiro atoms. The predicted octanol–water partition coefficient (Wildman–Crippen LogP) is 4.62. The van der Waals surface area contributed by atoms with E-state index >= 15 is 0 Å². The van der Waals surface area contributed by atoms with E-state index in [1.165, 1.54) is 0 Å². The molecule has 0 heterocycles. The van der Waals surface area contributed by atoms with Crippen LogP contribution in [0.2, 0.25) is 0 Å². The van der Waals surface area contributed by atoms with Crippen LogP contribution in [0.1, 0.15) is 16.7 Å². The minimum Gasteiger partial charge on any atom is -0.497 e. The van der Waals surface area contributed by atoms with Gasteiger partial charge in [0.05, 0.1) is 14.2 Å². The number of carbonyl (C=O) groups excluding carboxylic acids is 1. The van der Waals surface area contributed by atoms with Gasteiger partial charge >= 0.3 is 6.03 Å². The zero-order valence-electron chi connectivity index (χ0n) is 16.8.